The van der Waals surface area contributed by atoms with Crippen LogP contribution in [0, 0.1) is 5.92 Å². The molecule has 2 aliphatic rings. The van der Waals surface area contributed by atoms with E-state index >= 15 is 0 Å². The summed E-state index contributed by atoms with van der Waals surface area (Å²) in [6, 6.07) is 0. The van der Waals surface area contributed by atoms with Gasteiger partial charge in [-0.15, -0.1) is 0 Å². The summed E-state index contributed by atoms with van der Waals surface area (Å²) in [6.45, 7) is 2.19. The number of hydrogen-bond donors (Lipinski definition) is 1. The summed E-state index contributed by atoms with van der Waals surface area (Å²) in [5, 5.41) is 2.91. The number of ether oxygens (including phenoxy) is 1. The Morgan fingerprint density at radius 2 is 2.12 bits per heavy atom. The van der Waals surface area contributed by atoms with Crippen LogP contribution in [0.5, 0.6) is 0 Å². The van der Waals surface area contributed by atoms with Crippen molar-refractivity contribution in [3.05, 3.63) is 0 Å². The molecule has 1 aliphatic carbocycles. The molecule has 1 saturated carbocycles. The summed E-state index contributed by atoms with van der Waals surface area (Å²) in [4.78, 5) is 24.6. The summed E-state index contributed by atoms with van der Waals surface area (Å²) in [5.41, 5.74) is 0. The molecule has 1 heterocycles. The molecule has 1 saturated heterocycles. The van der Waals surface area contributed by atoms with Gasteiger partial charge in [-0.2, -0.15) is 0 Å². The van der Waals surface area contributed by atoms with E-state index in [-0.39, 0.29) is 17.9 Å². The molecule has 0 unspecified atom stereocenters. The lowest BCUT2D eigenvalue weighted by Gasteiger charge is -2.21. The van der Waals surface area contributed by atoms with Crippen LogP contribution in [-0.4, -0.2) is 43.1 Å². The highest BCUT2D eigenvalue weighted by Crippen LogP contribution is 2.23. The van der Waals surface area contributed by atoms with E-state index < -0.39 is 0 Å². The summed E-state index contributed by atoms with van der Waals surface area (Å²) < 4.78 is 4.81. The fourth-order valence-electron chi connectivity index (χ4n) is 2.45. The minimum absolute atomic E-state index is 0.150. The molecule has 0 spiro atoms. The topological polar surface area (TPSA) is 58.6 Å². The normalized spacial score (nSPS) is 21.4. The molecule has 0 atom stereocenters. The van der Waals surface area contributed by atoms with E-state index in [1.807, 2.05) is 0 Å². The number of amides is 2. The fourth-order valence-corrected chi connectivity index (χ4v) is 2.45. The second-order valence-electron chi connectivity index (χ2n) is 4.73. The molecule has 0 bridgehead atoms. The molecule has 0 aromatic carbocycles. The Morgan fingerprint density at radius 3 is 2.76 bits per heavy atom. The van der Waals surface area contributed by atoms with Crippen molar-refractivity contribution in [2.45, 2.75) is 32.1 Å². The van der Waals surface area contributed by atoms with Crippen LogP contribution in [-0.2, 0) is 9.53 Å². The lowest BCUT2D eigenvalue weighted by atomic mass is 9.89. The second kappa shape index (κ2) is 5.89. The SMILES string of the molecule is O=C(NCCN1CCOC1=O)C1CCCCC1. The molecule has 0 aromatic rings. The van der Waals surface area contributed by atoms with Crippen LogP contribution in [0.15, 0.2) is 0 Å². The Bertz CT molecular complexity index is 287. The highest BCUT2D eigenvalue weighted by Gasteiger charge is 2.23. The molecule has 0 aromatic heterocycles. The number of hydrogen-bond acceptors (Lipinski definition) is 3. The molecule has 2 fully saturated rings. The summed E-state index contributed by atoms with van der Waals surface area (Å²) in [6.07, 6.45) is 5.34. The van der Waals surface area contributed by atoms with Gasteiger partial charge in [-0.25, -0.2) is 4.79 Å². The zero-order valence-corrected chi connectivity index (χ0v) is 10.1. The van der Waals surface area contributed by atoms with E-state index in [0.717, 1.165) is 25.7 Å². The van der Waals surface area contributed by atoms with Crippen molar-refractivity contribution < 1.29 is 14.3 Å². The molecule has 2 amide bonds. The van der Waals surface area contributed by atoms with Gasteiger partial charge in [0.05, 0.1) is 6.54 Å². The van der Waals surface area contributed by atoms with Crippen LogP contribution in [0.3, 0.4) is 0 Å². The first-order chi connectivity index (χ1) is 8.27. The van der Waals surface area contributed by atoms with Crippen molar-refractivity contribution in [3.8, 4) is 0 Å². The van der Waals surface area contributed by atoms with Gasteiger partial charge < -0.3 is 15.0 Å². The van der Waals surface area contributed by atoms with Crippen LogP contribution < -0.4 is 5.32 Å². The Morgan fingerprint density at radius 1 is 1.35 bits per heavy atom. The quantitative estimate of drug-likeness (QED) is 0.801. The first-order valence-corrected chi connectivity index (χ1v) is 6.47. The summed E-state index contributed by atoms with van der Waals surface area (Å²) in [7, 11) is 0. The fraction of sp³-hybridized carbons (Fsp3) is 0.833. The predicted molar refractivity (Wildman–Crippen MR) is 62.5 cm³/mol. The van der Waals surface area contributed by atoms with Crippen molar-refractivity contribution in [1.29, 1.82) is 0 Å². The predicted octanol–water partition coefficient (Wildman–Crippen LogP) is 1.14. The van der Waals surface area contributed by atoms with E-state index in [2.05, 4.69) is 5.32 Å². The summed E-state index contributed by atoms with van der Waals surface area (Å²) >= 11 is 0. The number of nitrogens with zero attached hydrogens (tertiary/aromatic N) is 1. The highest BCUT2D eigenvalue weighted by molar-refractivity contribution is 5.78. The monoisotopic (exact) mass is 240 g/mol. The van der Waals surface area contributed by atoms with Crippen molar-refractivity contribution in [2.24, 2.45) is 5.92 Å². The third-order valence-corrected chi connectivity index (χ3v) is 3.50. The van der Waals surface area contributed by atoms with Gasteiger partial charge in [0.2, 0.25) is 5.91 Å². The molecule has 1 N–H and O–H groups in total. The first kappa shape index (κ1) is 12.2. The van der Waals surface area contributed by atoms with Crippen molar-refractivity contribution >= 4 is 12.0 Å². The minimum Gasteiger partial charge on any atom is -0.448 e. The van der Waals surface area contributed by atoms with Crippen molar-refractivity contribution in [3.63, 3.8) is 0 Å². The van der Waals surface area contributed by atoms with Gasteiger partial charge in [-0.1, -0.05) is 19.3 Å². The Kier molecular flexibility index (Phi) is 4.23. The standard InChI is InChI=1S/C12H20N2O3/c15-11(10-4-2-1-3-5-10)13-6-7-14-8-9-17-12(14)16/h10H,1-9H2,(H,13,15). The molecule has 2 rings (SSSR count). The zero-order valence-electron chi connectivity index (χ0n) is 10.1. The van der Waals surface area contributed by atoms with Gasteiger partial charge >= 0.3 is 6.09 Å². The van der Waals surface area contributed by atoms with Gasteiger partial charge in [-0.05, 0) is 12.8 Å². The lowest BCUT2D eigenvalue weighted by Crippen LogP contribution is -2.38. The third kappa shape index (κ3) is 3.35. The van der Waals surface area contributed by atoms with Crippen molar-refractivity contribution in [1.82, 2.24) is 10.2 Å². The van der Waals surface area contributed by atoms with Gasteiger partial charge in [0.25, 0.3) is 0 Å². The van der Waals surface area contributed by atoms with E-state index in [1.165, 1.54) is 6.42 Å². The number of cyclic esters (lactones) is 1. The molecular weight excluding hydrogens is 220 g/mol. The average Bonchev–Trinajstić information content (AvgIpc) is 2.76. The Balaban J connectivity index is 1.64. The maximum Gasteiger partial charge on any atom is 0.409 e. The Hall–Kier alpha value is -1.26. The van der Waals surface area contributed by atoms with E-state index in [4.69, 9.17) is 4.74 Å². The molecule has 0 radical (unpaired) electrons. The van der Waals surface area contributed by atoms with Gasteiger partial charge in [0.1, 0.15) is 6.61 Å². The Labute approximate surface area is 101 Å². The number of nitrogens with one attached hydrogen (secondary N) is 1. The van der Waals surface area contributed by atoms with E-state index in [1.54, 1.807) is 4.90 Å². The van der Waals surface area contributed by atoms with Crippen LogP contribution >= 0.6 is 0 Å². The van der Waals surface area contributed by atoms with Gasteiger partial charge in [0.15, 0.2) is 0 Å². The van der Waals surface area contributed by atoms with Gasteiger partial charge in [-0.3, -0.25) is 4.79 Å². The number of carbonyl (C=O) groups excluding carboxylic acids is 2. The minimum atomic E-state index is -0.267. The maximum absolute atomic E-state index is 11.8. The highest BCUT2D eigenvalue weighted by atomic mass is 16.6. The first-order valence-electron chi connectivity index (χ1n) is 6.47. The number of rotatable bonds is 4. The molecule has 1 aliphatic heterocycles. The zero-order chi connectivity index (χ0) is 12.1. The largest absolute Gasteiger partial charge is 0.448 e. The molecule has 5 nitrogen and oxygen atoms in total. The third-order valence-electron chi connectivity index (χ3n) is 3.50. The smallest absolute Gasteiger partial charge is 0.409 e. The average molecular weight is 240 g/mol. The van der Waals surface area contributed by atoms with Crippen LogP contribution in [0.4, 0.5) is 4.79 Å². The van der Waals surface area contributed by atoms with E-state index in [0.29, 0.717) is 26.2 Å². The molecule has 96 valence electrons. The lowest BCUT2D eigenvalue weighted by molar-refractivity contribution is -0.125. The van der Waals surface area contributed by atoms with Crippen LogP contribution in [0.1, 0.15) is 32.1 Å². The number of carbonyl (C=O) groups is 2. The molecular formula is C12H20N2O3. The second-order valence-corrected chi connectivity index (χ2v) is 4.73. The molecule has 5 heteroatoms. The van der Waals surface area contributed by atoms with E-state index in [9.17, 15) is 9.59 Å². The van der Waals surface area contributed by atoms with Crippen molar-refractivity contribution in [2.75, 3.05) is 26.2 Å². The van der Waals surface area contributed by atoms with Crippen LogP contribution in [0.2, 0.25) is 0 Å². The summed E-state index contributed by atoms with van der Waals surface area (Å²) in [5.74, 6) is 0.339. The van der Waals surface area contributed by atoms with Crippen LogP contribution in [0.25, 0.3) is 0 Å². The van der Waals surface area contributed by atoms with Gasteiger partial charge in [0, 0.05) is 19.0 Å². The maximum atomic E-state index is 11.8. The molecule has 17 heavy (non-hydrogen) atoms.